The number of aromatic hydroxyl groups is 4. The van der Waals surface area contributed by atoms with Gasteiger partial charge in [-0.1, -0.05) is 48.5 Å². The van der Waals surface area contributed by atoms with Gasteiger partial charge < -0.3 is 61.1 Å². The highest BCUT2D eigenvalue weighted by Gasteiger charge is 2.57. The summed E-state index contributed by atoms with van der Waals surface area (Å²) >= 11 is 12.9. The molecular formula is C63H42Cl2N2O17. The van der Waals surface area contributed by atoms with Crippen LogP contribution in [0.1, 0.15) is 85.9 Å². The first-order valence-corrected chi connectivity index (χ1v) is 26.5. The maximum atomic E-state index is 14.2. The van der Waals surface area contributed by atoms with Crippen molar-refractivity contribution in [3.63, 3.8) is 0 Å². The number of aromatic carboxylic acids is 2. The number of benzene rings is 8. The van der Waals surface area contributed by atoms with Crippen LogP contribution in [-0.2, 0) is 47.9 Å². The van der Waals surface area contributed by atoms with Gasteiger partial charge in [0.15, 0.2) is 39.3 Å². The number of carbonyl (C=O) groups excluding carboxylic acids is 5. The van der Waals surface area contributed by atoms with Gasteiger partial charge in [-0.15, -0.1) is 23.2 Å². The van der Waals surface area contributed by atoms with E-state index >= 15 is 0 Å². The molecule has 4 aliphatic rings. The zero-order valence-electron chi connectivity index (χ0n) is 43.2. The molecule has 0 amide bonds. The summed E-state index contributed by atoms with van der Waals surface area (Å²) in [5.74, 6) is -8.02. The predicted molar refractivity (Wildman–Crippen MR) is 299 cm³/mol. The molecule has 8 aromatic carbocycles. The second-order valence-corrected chi connectivity index (χ2v) is 21.4. The molecule has 10 N–H and O–H groups in total. The van der Waals surface area contributed by atoms with Crippen molar-refractivity contribution in [1.29, 1.82) is 0 Å². The Morgan fingerprint density at radius 2 is 0.774 bits per heavy atom. The fourth-order valence-electron chi connectivity index (χ4n) is 11.6. The van der Waals surface area contributed by atoms with Gasteiger partial charge in [-0.3, -0.25) is 14.4 Å². The zero-order valence-corrected chi connectivity index (χ0v) is 44.7. The van der Waals surface area contributed by atoms with Crippen molar-refractivity contribution in [2.24, 2.45) is 11.5 Å². The minimum absolute atomic E-state index is 0.0117. The molecule has 0 saturated carbocycles. The molecule has 4 atom stereocenters. The molecule has 0 aliphatic carbocycles. The van der Waals surface area contributed by atoms with Gasteiger partial charge in [-0.2, -0.15) is 0 Å². The van der Waals surface area contributed by atoms with Crippen LogP contribution in [0.15, 0.2) is 146 Å². The summed E-state index contributed by atoms with van der Waals surface area (Å²) in [5, 5.41) is 58.3. The Hall–Kier alpha value is -10.1. The number of ether oxygens (including phenoxy) is 4. The number of esters is 2. The molecule has 8 aromatic rings. The number of alkyl halides is 2. The lowest BCUT2D eigenvalue weighted by Crippen LogP contribution is -2.48. The van der Waals surface area contributed by atoms with Crippen LogP contribution in [0.3, 0.4) is 0 Å². The fourth-order valence-corrected chi connectivity index (χ4v) is 12.2. The Bertz CT molecular complexity index is 3900. The molecule has 4 aliphatic heterocycles. The third-order valence-corrected chi connectivity index (χ3v) is 16.2. The zero-order chi connectivity index (χ0) is 59.4. The lowest BCUT2D eigenvalue weighted by atomic mass is 9.76. The van der Waals surface area contributed by atoms with E-state index < -0.39 is 75.3 Å². The van der Waals surface area contributed by atoms with E-state index in [-0.39, 0.29) is 126 Å². The first kappa shape index (κ1) is 54.5. The fraction of sp³-hybridized carbons (Fsp3) is 0.127. The van der Waals surface area contributed by atoms with E-state index in [0.717, 1.165) is 0 Å². The third kappa shape index (κ3) is 8.71. The molecule has 0 fully saturated rings. The normalized spacial score (nSPS) is 15.7. The first-order valence-electron chi connectivity index (χ1n) is 25.7. The quantitative estimate of drug-likeness (QED) is 0.0286. The number of hydrogen-bond acceptors (Lipinski definition) is 17. The van der Waals surface area contributed by atoms with Crippen molar-refractivity contribution >= 4 is 64.4 Å². The average molecular weight is 1170 g/mol. The lowest BCUT2D eigenvalue weighted by molar-refractivity contribution is -0.130. The highest BCUT2D eigenvalue weighted by molar-refractivity contribution is 6.52. The number of carboxylic acid groups (broad SMARTS) is 2. The molecule has 2 spiro atoms. The van der Waals surface area contributed by atoms with Gasteiger partial charge in [0.2, 0.25) is 0 Å². The Balaban J connectivity index is 0.776. The molecule has 4 heterocycles. The van der Waals surface area contributed by atoms with Crippen LogP contribution in [0.2, 0.25) is 0 Å². The second-order valence-electron chi connectivity index (χ2n) is 20.5. The van der Waals surface area contributed by atoms with Crippen molar-refractivity contribution in [2.75, 3.05) is 0 Å². The van der Waals surface area contributed by atoms with Crippen molar-refractivity contribution in [3.8, 4) is 68.2 Å². The van der Waals surface area contributed by atoms with E-state index in [1.165, 1.54) is 97.1 Å². The number of carboxylic acids is 2. The Labute approximate surface area is 484 Å². The highest BCUT2D eigenvalue weighted by Crippen LogP contribution is 2.60. The van der Waals surface area contributed by atoms with Crippen molar-refractivity contribution < 1.29 is 83.1 Å². The van der Waals surface area contributed by atoms with E-state index in [1.54, 1.807) is 48.5 Å². The molecule has 0 radical (unpaired) electrons. The molecule has 19 nitrogen and oxygen atoms in total. The minimum Gasteiger partial charge on any atom is -0.508 e. The first-order chi connectivity index (χ1) is 40.1. The molecule has 0 aromatic heterocycles. The Morgan fingerprint density at radius 1 is 0.440 bits per heavy atom. The monoisotopic (exact) mass is 1170 g/mol. The molecule has 0 bridgehead atoms. The van der Waals surface area contributed by atoms with Gasteiger partial charge in [0, 0.05) is 57.6 Å². The number of ketones is 3. The average Bonchev–Trinajstić information content (AvgIpc) is 1.57. The summed E-state index contributed by atoms with van der Waals surface area (Å²) in [5.41, 5.74) is 11.6. The van der Waals surface area contributed by atoms with E-state index in [1.807, 2.05) is 0 Å². The summed E-state index contributed by atoms with van der Waals surface area (Å²) < 4.78 is 24.6. The standard InChI is InChI=1S/C63H42Cl2N2O17/c64-53(55(72)45(66)17-27-3-1-5-29(15-27)37-19-31(58(75)76)21-43-51(37)60(79)83-62(43)39-11-7-33(68)23-47(39)81-48-24-34(69)8-12-40(48)62)57(74)54(65)56(73)46(67)18-28-4-2-6-30(16-28)38-20-32(59(77)78)22-44-52(38)61(80)84-63(44)41-13-9-35(70)25-49(41)82-50-26-36(71)10-14-42(50)63/h1-16,19-26,45-46,53-54,68-71H,17-18,66-67H2,(H,75,76)(H,77,78)/t45-,46-,53?,54?/m0/s1. The maximum Gasteiger partial charge on any atom is 0.340 e. The van der Waals surface area contributed by atoms with E-state index in [0.29, 0.717) is 22.3 Å². The van der Waals surface area contributed by atoms with Crippen molar-refractivity contribution in [3.05, 3.63) is 212 Å². The van der Waals surface area contributed by atoms with Gasteiger partial charge in [0.25, 0.3) is 0 Å². The number of halogens is 2. The van der Waals surface area contributed by atoms with E-state index in [4.69, 9.17) is 53.6 Å². The number of hydrogen-bond donors (Lipinski definition) is 8. The third-order valence-electron chi connectivity index (χ3n) is 15.4. The largest absolute Gasteiger partial charge is 0.508 e. The summed E-state index contributed by atoms with van der Waals surface area (Å²) in [6.45, 7) is 0. The summed E-state index contributed by atoms with van der Waals surface area (Å²) in [6, 6.07) is 31.4. The van der Waals surface area contributed by atoms with Crippen LogP contribution >= 0.6 is 23.2 Å². The van der Waals surface area contributed by atoms with Gasteiger partial charge in [0.05, 0.1) is 34.3 Å². The van der Waals surface area contributed by atoms with Gasteiger partial charge >= 0.3 is 23.9 Å². The van der Waals surface area contributed by atoms with Gasteiger partial charge in [-0.05, 0) is 119 Å². The van der Waals surface area contributed by atoms with Crippen LogP contribution in [0.4, 0.5) is 0 Å². The predicted octanol–water partition coefficient (Wildman–Crippen LogP) is 8.74. The molecule has 2 unspecified atom stereocenters. The summed E-state index contributed by atoms with van der Waals surface area (Å²) in [7, 11) is 0. The Kier molecular flexibility index (Phi) is 13.1. The van der Waals surface area contributed by atoms with Crippen LogP contribution in [-0.4, -0.2) is 94.7 Å². The summed E-state index contributed by atoms with van der Waals surface area (Å²) in [4.78, 5) is 95.4. The SMILES string of the molecule is N[C@@H](Cc1cccc(-c2cc(C(=O)O)cc3c2C(=O)OC32c3ccc(O)cc3Oc3cc(O)ccc32)c1)C(=O)C(Cl)C(=O)C(Cl)C(=O)[C@@H](N)Cc1cccc(-c2cc(C(=O)O)cc3c2C(=O)OC32c3ccc(O)cc3Oc3cc(O)ccc32)c1. The molecule has 0 saturated heterocycles. The molecule has 12 rings (SSSR count). The van der Waals surface area contributed by atoms with Gasteiger partial charge in [0.1, 0.15) is 46.0 Å². The Morgan fingerprint density at radius 3 is 1.10 bits per heavy atom. The summed E-state index contributed by atoms with van der Waals surface area (Å²) in [6.07, 6.45) is -0.497. The maximum absolute atomic E-state index is 14.2. The van der Waals surface area contributed by atoms with E-state index in [9.17, 15) is 64.2 Å². The number of rotatable bonds is 14. The van der Waals surface area contributed by atoms with Crippen LogP contribution in [0.25, 0.3) is 22.3 Å². The van der Waals surface area contributed by atoms with E-state index in [2.05, 4.69) is 0 Å². The highest BCUT2D eigenvalue weighted by atomic mass is 35.5. The topological polar surface area (TPSA) is 330 Å². The van der Waals surface area contributed by atoms with Crippen LogP contribution in [0, 0.1) is 0 Å². The van der Waals surface area contributed by atoms with Gasteiger partial charge in [-0.25, -0.2) is 19.2 Å². The molecule has 21 heteroatoms. The van der Waals surface area contributed by atoms with Crippen molar-refractivity contribution in [1.82, 2.24) is 0 Å². The lowest BCUT2D eigenvalue weighted by Gasteiger charge is -2.36. The van der Waals surface area contributed by atoms with Crippen molar-refractivity contribution in [2.45, 2.75) is 46.9 Å². The number of Topliss-reactive ketones (excluding diaryl/α,β-unsaturated/α-hetero) is 3. The number of phenolic OH excluding ortho intramolecular Hbond substituents is 4. The van der Waals surface area contributed by atoms with Crippen LogP contribution < -0.4 is 20.9 Å². The van der Waals surface area contributed by atoms with Crippen LogP contribution in [0.5, 0.6) is 46.0 Å². The molecule has 84 heavy (non-hydrogen) atoms. The number of fused-ring (bicyclic) bond motifs is 12. The number of nitrogens with two attached hydrogens (primary N) is 2. The minimum atomic E-state index is -2.03. The number of carbonyl (C=O) groups is 7. The molecular weight excluding hydrogens is 1130 g/mol. The molecule has 420 valence electrons. The smallest absolute Gasteiger partial charge is 0.340 e. The second kappa shape index (κ2) is 20.1. The number of phenols is 4.